The van der Waals surface area contributed by atoms with Crippen LogP contribution >= 0.6 is 0 Å². The molecular weight excluding hydrogens is 468 g/mol. The molecule has 0 saturated carbocycles. The molecule has 1 saturated heterocycles. The molecule has 1 aliphatic heterocycles. The largest absolute Gasteiger partial charge is 0.463 e. The van der Waals surface area contributed by atoms with E-state index in [9.17, 15) is 30.3 Å². The fourth-order valence-electron chi connectivity index (χ4n) is 4.36. The van der Waals surface area contributed by atoms with Crippen molar-refractivity contribution in [3.8, 4) is 0 Å². The van der Waals surface area contributed by atoms with E-state index in [1.165, 1.54) is 77.0 Å². The smallest absolute Gasteiger partial charge is 0.305 e. The lowest BCUT2D eigenvalue weighted by atomic mass is 9.99. The van der Waals surface area contributed by atoms with Gasteiger partial charge in [0.15, 0.2) is 6.29 Å². The van der Waals surface area contributed by atoms with Crippen LogP contribution in [0.2, 0.25) is 0 Å². The Kier molecular flexibility index (Phi) is 19.5. The zero-order valence-electron chi connectivity index (χ0n) is 22.3. The van der Waals surface area contributed by atoms with E-state index < -0.39 is 43.4 Å². The summed E-state index contributed by atoms with van der Waals surface area (Å²) < 4.78 is 15.5. The predicted molar refractivity (Wildman–Crippen MR) is 136 cm³/mol. The second-order valence-corrected chi connectivity index (χ2v) is 10.1. The summed E-state index contributed by atoms with van der Waals surface area (Å²) in [4.78, 5) is 11.9. The van der Waals surface area contributed by atoms with Crippen LogP contribution in [-0.4, -0.2) is 88.1 Å². The number of esters is 1. The van der Waals surface area contributed by atoms with Crippen LogP contribution in [0.25, 0.3) is 0 Å². The summed E-state index contributed by atoms with van der Waals surface area (Å²) >= 11 is 0. The van der Waals surface area contributed by atoms with Crippen molar-refractivity contribution in [2.24, 2.45) is 0 Å². The van der Waals surface area contributed by atoms with Gasteiger partial charge in [-0.25, -0.2) is 0 Å². The number of rotatable bonds is 22. The minimum Gasteiger partial charge on any atom is -0.463 e. The molecule has 9 heteroatoms. The average molecular weight is 521 g/mol. The Morgan fingerprint density at radius 2 is 1.25 bits per heavy atom. The van der Waals surface area contributed by atoms with Gasteiger partial charge >= 0.3 is 5.97 Å². The van der Waals surface area contributed by atoms with E-state index in [0.717, 1.165) is 19.3 Å². The van der Waals surface area contributed by atoms with Gasteiger partial charge in [-0.15, -0.1) is 0 Å². The Labute approximate surface area is 217 Å². The van der Waals surface area contributed by atoms with Gasteiger partial charge in [0.25, 0.3) is 0 Å². The number of ether oxygens (including phenoxy) is 3. The van der Waals surface area contributed by atoms with E-state index in [-0.39, 0.29) is 19.2 Å². The number of aliphatic hydroxyl groups excluding tert-OH is 5. The monoisotopic (exact) mass is 520 g/mol. The molecule has 6 atom stereocenters. The molecule has 36 heavy (non-hydrogen) atoms. The Balaban J connectivity index is 1.94. The van der Waals surface area contributed by atoms with Gasteiger partial charge in [-0.2, -0.15) is 0 Å². The lowest BCUT2D eigenvalue weighted by molar-refractivity contribution is -0.305. The van der Waals surface area contributed by atoms with E-state index in [1.807, 2.05) is 0 Å². The van der Waals surface area contributed by atoms with Crippen LogP contribution in [0.1, 0.15) is 110 Å². The summed E-state index contributed by atoms with van der Waals surface area (Å²) in [5, 5.41) is 48.5. The van der Waals surface area contributed by atoms with Gasteiger partial charge in [-0.1, -0.05) is 96.8 Å². The maximum Gasteiger partial charge on any atom is 0.305 e. The summed E-state index contributed by atoms with van der Waals surface area (Å²) in [6.07, 6.45) is 11.0. The zero-order chi connectivity index (χ0) is 26.6. The van der Waals surface area contributed by atoms with E-state index in [1.54, 1.807) is 0 Å². The molecule has 0 bridgehead atoms. The molecule has 1 fully saturated rings. The van der Waals surface area contributed by atoms with Crippen LogP contribution in [-0.2, 0) is 19.0 Å². The molecule has 1 heterocycles. The fourth-order valence-corrected chi connectivity index (χ4v) is 4.36. The molecule has 0 amide bonds. The lowest BCUT2D eigenvalue weighted by Gasteiger charge is -2.39. The minimum atomic E-state index is -1.55. The second kappa shape index (κ2) is 21.2. The van der Waals surface area contributed by atoms with E-state index in [2.05, 4.69) is 6.92 Å². The van der Waals surface area contributed by atoms with Gasteiger partial charge in [0.1, 0.15) is 37.1 Å². The highest BCUT2D eigenvalue weighted by molar-refractivity contribution is 5.69. The first-order valence-corrected chi connectivity index (χ1v) is 14.2. The molecule has 5 N–H and O–H groups in total. The van der Waals surface area contributed by atoms with Gasteiger partial charge in [0.05, 0.1) is 13.2 Å². The first kappa shape index (κ1) is 33.2. The van der Waals surface area contributed by atoms with Crippen molar-refractivity contribution in [3.63, 3.8) is 0 Å². The van der Waals surface area contributed by atoms with Gasteiger partial charge in [-0.3, -0.25) is 4.79 Å². The predicted octanol–water partition coefficient (Wildman–Crippen LogP) is 2.97. The van der Waals surface area contributed by atoms with Crippen LogP contribution in [0.3, 0.4) is 0 Å². The van der Waals surface area contributed by atoms with Crippen molar-refractivity contribution in [1.29, 1.82) is 0 Å². The maximum atomic E-state index is 11.9. The summed E-state index contributed by atoms with van der Waals surface area (Å²) in [5.74, 6) is -0.378. The van der Waals surface area contributed by atoms with E-state index >= 15 is 0 Å². The van der Waals surface area contributed by atoms with Crippen LogP contribution in [0.4, 0.5) is 0 Å². The van der Waals surface area contributed by atoms with Crippen molar-refractivity contribution in [2.75, 3.05) is 19.8 Å². The molecule has 0 aromatic carbocycles. The maximum absolute atomic E-state index is 11.9. The van der Waals surface area contributed by atoms with E-state index in [4.69, 9.17) is 14.2 Å². The molecule has 1 unspecified atom stereocenters. The highest BCUT2D eigenvalue weighted by atomic mass is 16.7. The third-order valence-corrected chi connectivity index (χ3v) is 6.72. The molecule has 0 aromatic rings. The third-order valence-electron chi connectivity index (χ3n) is 6.72. The lowest BCUT2D eigenvalue weighted by Crippen LogP contribution is -2.59. The second-order valence-electron chi connectivity index (χ2n) is 10.1. The number of hydrogen-bond donors (Lipinski definition) is 5. The van der Waals surface area contributed by atoms with E-state index in [0.29, 0.717) is 6.42 Å². The summed E-state index contributed by atoms with van der Waals surface area (Å²) in [6.45, 7) is 1.12. The van der Waals surface area contributed by atoms with Crippen molar-refractivity contribution >= 4 is 5.97 Å². The molecule has 214 valence electrons. The molecule has 1 rings (SSSR count). The molecule has 0 aliphatic carbocycles. The molecule has 1 aliphatic rings. The number of hydrogen-bond acceptors (Lipinski definition) is 9. The summed E-state index contributed by atoms with van der Waals surface area (Å²) in [6, 6.07) is 0. The summed E-state index contributed by atoms with van der Waals surface area (Å²) in [5.41, 5.74) is 0. The molecule has 0 aromatic heterocycles. The Bertz CT molecular complexity index is 531. The number of carbonyl (C=O) groups is 1. The van der Waals surface area contributed by atoms with Gasteiger partial charge in [0, 0.05) is 6.42 Å². The SMILES string of the molecule is CCCCCCCCCCCCCCCCCC(=O)OCC(O)CO[C@H]1O[C@H](CO)[C@@H](O)[C@H](O)[C@H]1O. The van der Waals surface area contributed by atoms with Gasteiger partial charge in [0.2, 0.25) is 0 Å². The van der Waals surface area contributed by atoms with Crippen molar-refractivity contribution in [1.82, 2.24) is 0 Å². The summed E-state index contributed by atoms with van der Waals surface area (Å²) in [7, 11) is 0. The zero-order valence-corrected chi connectivity index (χ0v) is 22.3. The van der Waals surface area contributed by atoms with Gasteiger partial charge < -0.3 is 39.7 Å². The normalized spacial score (nSPS) is 25.1. The Hall–Kier alpha value is -0.810. The average Bonchev–Trinajstić information content (AvgIpc) is 2.88. The highest BCUT2D eigenvalue weighted by Gasteiger charge is 2.44. The Morgan fingerprint density at radius 1 is 0.750 bits per heavy atom. The Morgan fingerprint density at radius 3 is 1.75 bits per heavy atom. The van der Waals surface area contributed by atoms with Crippen molar-refractivity contribution < 1.29 is 44.5 Å². The molecule has 9 nitrogen and oxygen atoms in total. The molecule has 0 spiro atoms. The minimum absolute atomic E-state index is 0.255. The van der Waals surface area contributed by atoms with Crippen molar-refractivity contribution in [3.05, 3.63) is 0 Å². The van der Waals surface area contributed by atoms with Crippen LogP contribution in [0.5, 0.6) is 0 Å². The highest BCUT2D eigenvalue weighted by Crippen LogP contribution is 2.22. The van der Waals surface area contributed by atoms with Crippen molar-refractivity contribution in [2.45, 2.75) is 146 Å². The van der Waals surface area contributed by atoms with Crippen LogP contribution in [0.15, 0.2) is 0 Å². The number of aliphatic hydroxyl groups is 5. The fraction of sp³-hybridized carbons (Fsp3) is 0.963. The first-order chi connectivity index (χ1) is 17.4. The van der Waals surface area contributed by atoms with Crippen LogP contribution < -0.4 is 0 Å². The molecular formula is C27H52O9. The topological polar surface area (TPSA) is 146 Å². The third kappa shape index (κ3) is 14.8. The first-order valence-electron chi connectivity index (χ1n) is 14.2. The quantitative estimate of drug-likeness (QED) is 0.107. The van der Waals surface area contributed by atoms with Crippen LogP contribution in [0, 0.1) is 0 Å². The number of unbranched alkanes of at least 4 members (excludes halogenated alkanes) is 14. The molecule has 0 radical (unpaired) electrons. The number of carbonyl (C=O) groups excluding carboxylic acids is 1. The van der Waals surface area contributed by atoms with Gasteiger partial charge in [-0.05, 0) is 6.42 Å². The standard InChI is InChI=1S/C27H52O9/c1-2-3-4-5-6-7-8-9-10-11-12-13-14-15-16-17-23(30)34-19-21(29)20-35-27-26(33)25(32)24(31)22(18-28)36-27/h21-22,24-29,31-33H,2-20H2,1H3/t21?,22-,24-,25+,26-,27+/m1/s1.